The second kappa shape index (κ2) is 3.99. The number of nitrogens with two attached hydrogens (primary N) is 1. The van der Waals surface area contributed by atoms with Crippen molar-refractivity contribution in [2.24, 2.45) is 5.84 Å². The second-order valence-corrected chi connectivity index (χ2v) is 3.10. The van der Waals surface area contributed by atoms with Gasteiger partial charge in [0.25, 0.3) is 0 Å². The topological polar surface area (TPSA) is 38.0 Å². The first-order valence-electron chi connectivity index (χ1n) is 3.13. The van der Waals surface area contributed by atoms with Gasteiger partial charge in [-0.25, -0.2) is 0 Å². The molecular formula is C7H9BrN2S. The summed E-state index contributed by atoms with van der Waals surface area (Å²) in [5.74, 6) is 5.26. The average molecular weight is 233 g/mol. The largest absolute Gasteiger partial charge is 0.323 e. The number of nitrogens with one attached hydrogen (secondary N) is 1. The molecule has 3 N–H and O–H groups in total. The Hall–Kier alpha value is -0.190. The third-order valence-electron chi connectivity index (χ3n) is 1.42. The minimum absolute atomic E-state index is 0.793. The molecule has 0 spiro atoms. The molecule has 0 saturated carbocycles. The van der Waals surface area contributed by atoms with E-state index in [9.17, 15) is 0 Å². The Kier molecular flexibility index (Phi) is 3.23. The molecule has 0 aliphatic carbocycles. The number of halogens is 1. The molecule has 60 valence electrons. The number of hydrogen-bond acceptors (Lipinski definition) is 3. The first-order chi connectivity index (χ1) is 5.29. The standard InChI is InChI=1S/C7H9BrN2S/c8-4-5-2-1-3-6(10-9)7(5)11/h1-3,10-11H,4,9H2. The second-order valence-electron chi connectivity index (χ2n) is 2.09. The molecule has 1 aromatic carbocycles. The van der Waals surface area contributed by atoms with Crippen molar-refractivity contribution in [2.45, 2.75) is 10.2 Å². The maximum Gasteiger partial charge on any atom is 0.0621 e. The predicted molar refractivity (Wildman–Crippen MR) is 54.1 cm³/mol. The van der Waals surface area contributed by atoms with E-state index < -0.39 is 0 Å². The van der Waals surface area contributed by atoms with E-state index in [1.54, 1.807) is 0 Å². The highest BCUT2D eigenvalue weighted by Gasteiger charge is 2.00. The highest BCUT2D eigenvalue weighted by Crippen LogP contribution is 2.24. The minimum Gasteiger partial charge on any atom is -0.323 e. The van der Waals surface area contributed by atoms with E-state index in [1.165, 1.54) is 0 Å². The van der Waals surface area contributed by atoms with Crippen molar-refractivity contribution >= 4 is 34.2 Å². The van der Waals surface area contributed by atoms with Crippen molar-refractivity contribution in [3.8, 4) is 0 Å². The number of rotatable bonds is 2. The maximum absolute atomic E-state index is 5.26. The molecule has 2 nitrogen and oxygen atoms in total. The van der Waals surface area contributed by atoms with Crippen molar-refractivity contribution in [1.29, 1.82) is 0 Å². The zero-order chi connectivity index (χ0) is 8.27. The monoisotopic (exact) mass is 232 g/mol. The summed E-state index contributed by atoms with van der Waals surface area (Å²) in [4.78, 5) is 0.895. The lowest BCUT2D eigenvalue weighted by Gasteiger charge is -2.06. The minimum atomic E-state index is 0.793. The van der Waals surface area contributed by atoms with Crippen molar-refractivity contribution in [1.82, 2.24) is 0 Å². The van der Waals surface area contributed by atoms with E-state index in [1.807, 2.05) is 18.2 Å². The van der Waals surface area contributed by atoms with Crippen LogP contribution in [-0.4, -0.2) is 0 Å². The molecule has 1 aromatic rings. The molecule has 0 heterocycles. The summed E-state index contributed by atoms with van der Waals surface area (Å²) in [5, 5.41) is 0.793. The Morgan fingerprint density at radius 3 is 2.82 bits per heavy atom. The fourth-order valence-corrected chi connectivity index (χ4v) is 1.79. The van der Waals surface area contributed by atoms with Gasteiger partial charge in [0.05, 0.1) is 5.69 Å². The first-order valence-corrected chi connectivity index (χ1v) is 4.70. The van der Waals surface area contributed by atoms with E-state index in [-0.39, 0.29) is 0 Å². The Morgan fingerprint density at radius 1 is 1.55 bits per heavy atom. The molecule has 0 radical (unpaired) electrons. The van der Waals surface area contributed by atoms with Crippen LogP contribution in [0, 0.1) is 0 Å². The first kappa shape index (κ1) is 8.90. The third kappa shape index (κ3) is 1.89. The zero-order valence-electron chi connectivity index (χ0n) is 5.84. The molecule has 0 aromatic heterocycles. The lowest BCUT2D eigenvalue weighted by Crippen LogP contribution is -2.07. The van der Waals surface area contributed by atoms with E-state index >= 15 is 0 Å². The van der Waals surface area contributed by atoms with Crippen LogP contribution in [0.2, 0.25) is 0 Å². The van der Waals surface area contributed by atoms with E-state index in [0.29, 0.717) is 0 Å². The Labute approximate surface area is 79.7 Å². The lowest BCUT2D eigenvalue weighted by atomic mass is 10.2. The van der Waals surface area contributed by atoms with Gasteiger partial charge in [-0.2, -0.15) is 0 Å². The lowest BCUT2D eigenvalue weighted by molar-refractivity contribution is 1.23. The number of benzene rings is 1. The summed E-state index contributed by atoms with van der Waals surface area (Å²) in [6.07, 6.45) is 0. The molecule has 0 saturated heterocycles. The summed E-state index contributed by atoms with van der Waals surface area (Å²) in [5.41, 5.74) is 4.55. The third-order valence-corrected chi connectivity index (χ3v) is 2.55. The van der Waals surface area contributed by atoms with Crippen LogP contribution in [0.25, 0.3) is 0 Å². The molecule has 11 heavy (non-hydrogen) atoms. The summed E-state index contributed by atoms with van der Waals surface area (Å²) in [6.45, 7) is 0. The van der Waals surface area contributed by atoms with Gasteiger partial charge in [0.1, 0.15) is 0 Å². The molecular weight excluding hydrogens is 224 g/mol. The van der Waals surface area contributed by atoms with Crippen LogP contribution in [0.15, 0.2) is 23.1 Å². The number of hydrogen-bond donors (Lipinski definition) is 3. The number of alkyl halides is 1. The summed E-state index contributed by atoms with van der Waals surface area (Å²) >= 11 is 7.65. The molecule has 0 amide bonds. The Balaban J connectivity index is 3.10. The van der Waals surface area contributed by atoms with E-state index in [2.05, 4.69) is 34.0 Å². The number of nitrogen functional groups attached to an aromatic ring is 1. The highest BCUT2D eigenvalue weighted by atomic mass is 79.9. The van der Waals surface area contributed by atoms with Crippen molar-refractivity contribution in [3.63, 3.8) is 0 Å². The Morgan fingerprint density at radius 2 is 2.27 bits per heavy atom. The quantitative estimate of drug-likeness (QED) is 0.317. The van der Waals surface area contributed by atoms with Gasteiger partial charge in [-0.3, -0.25) is 5.84 Å². The number of hydrazine groups is 1. The van der Waals surface area contributed by atoms with Gasteiger partial charge in [-0.05, 0) is 11.6 Å². The average Bonchev–Trinajstić information content (AvgIpc) is 2.05. The van der Waals surface area contributed by atoms with E-state index in [4.69, 9.17) is 5.84 Å². The van der Waals surface area contributed by atoms with Crippen molar-refractivity contribution < 1.29 is 0 Å². The van der Waals surface area contributed by atoms with Crippen LogP contribution >= 0.6 is 28.6 Å². The molecule has 0 aliphatic rings. The summed E-state index contributed by atoms with van der Waals surface area (Å²) < 4.78 is 0. The van der Waals surface area contributed by atoms with E-state index in [0.717, 1.165) is 21.5 Å². The van der Waals surface area contributed by atoms with Gasteiger partial charge < -0.3 is 5.43 Å². The maximum atomic E-state index is 5.26. The number of thiol groups is 1. The zero-order valence-corrected chi connectivity index (χ0v) is 8.32. The SMILES string of the molecule is NNc1cccc(CBr)c1S. The normalized spacial score (nSPS) is 9.73. The van der Waals surface area contributed by atoms with Crippen LogP contribution in [0.1, 0.15) is 5.56 Å². The molecule has 1 rings (SSSR count). The van der Waals surface area contributed by atoms with Crippen LogP contribution in [0.3, 0.4) is 0 Å². The van der Waals surface area contributed by atoms with Gasteiger partial charge >= 0.3 is 0 Å². The highest BCUT2D eigenvalue weighted by molar-refractivity contribution is 9.08. The van der Waals surface area contributed by atoms with Crippen molar-refractivity contribution in [2.75, 3.05) is 5.43 Å². The molecule has 0 aliphatic heterocycles. The summed E-state index contributed by atoms with van der Waals surface area (Å²) in [7, 11) is 0. The fourth-order valence-electron chi connectivity index (χ4n) is 0.816. The molecule has 0 bridgehead atoms. The van der Waals surface area contributed by atoms with Crippen molar-refractivity contribution in [3.05, 3.63) is 23.8 Å². The molecule has 0 fully saturated rings. The van der Waals surface area contributed by atoms with Gasteiger partial charge in [-0.15, -0.1) is 12.6 Å². The fraction of sp³-hybridized carbons (Fsp3) is 0.143. The molecule has 4 heteroatoms. The van der Waals surface area contributed by atoms with Crippen LogP contribution in [-0.2, 0) is 5.33 Å². The molecule has 0 unspecified atom stereocenters. The summed E-state index contributed by atoms with van der Waals surface area (Å²) in [6, 6.07) is 5.82. The van der Waals surface area contributed by atoms with Crippen LogP contribution in [0.4, 0.5) is 5.69 Å². The van der Waals surface area contributed by atoms with Gasteiger partial charge in [0.15, 0.2) is 0 Å². The Bertz CT molecular complexity index is 230. The predicted octanol–water partition coefficient (Wildman–Crippen LogP) is 2.16. The van der Waals surface area contributed by atoms with Crippen LogP contribution in [0.5, 0.6) is 0 Å². The van der Waals surface area contributed by atoms with Gasteiger partial charge in [-0.1, -0.05) is 28.1 Å². The smallest absolute Gasteiger partial charge is 0.0621 e. The molecule has 0 atom stereocenters. The van der Waals surface area contributed by atoms with Gasteiger partial charge in [0.2, 0.25) is 0 Å². The van der Waals surface area contributed by atoms with Gasteiger partial charge in [0, 0.05) is 10.2 Å². The van der Waals surface area contributed by atoms with Crippen LogP contribution < -0.4 is 11.3 Å². The number of anilines is 1.